The fraction of sp³-hybridized carbons (Fsp3) is 0.263. The number of ether oxygens (including phenoxy) is 1. The molecule has 2 heterocycles. The highest BCUT2D eigenvalue weighted by Gasteiger charge is 2.33. The second kappa shape index (κ2) is 9.45. The number of pyridine rings is 1. The Morgan fingerprint density at radius 3 is 2.61 bits per heavy atom. The van der Waals surface area contributed by atoms with Crippen molar-refractivity contribution < 1.29 is 19.4 Å². The number of carbonyl (C=O) groups excluding carboxylic acids is 2. The van der Waals surface area contributed by atoms with Gasteiger partial charge in [0.15, 0.2) is 16.6 Å². The lowest BCUT2D eigenvalue weighted by atomic mass is 10.2. The van der Waals surface area contributed by atoms with Crippen LogP contribution in [-0.4, -0.2) is 65.6 Å². The number of hydrogen-bond acceptors (Lipinski definition) is 7. The van der Waals surface area contributed by atoms with Crippen molar-refractivity contribution in [3.05, 3.63) is 58.0 Å². The van der Waals surface area contributed by atoms with Crippen LogP contribution >= 0.6 is 12.2 Å². The standard InChI is InChI=1S/C19H22N6O5S/c1-23-11-24(8-9-30-2)18(29)14-16(27)15(26)13(10-25(14)23)17(28)21-22-19(31)20-12-6-4-3-5-7-12/h3-7,10,27H,8-9,11H2,1-2H3,(H,21,28)(H2,20,22,31). The zero-order valence-corrected chi connectivity index (χ0v) is 17.7. The Bertz CT molecular complexity index is 1060. The summed E-state index contributed by atoms with van der Waals surface area (Å²) >= 11 is 5.10. The van der Waals surface area contributed by atoms with Crippen LogP contribution in [-0.2, 0) is 4.74 Å². The first-order chi connectivity index (χ1) is 14.8. The molecule has 31 heavy (non-hydrogen) atoms. The van der Waals surface area contributed by atoms with Gasteiger partial charge in [-0.3, -0.25) is 34.9 Å². The smallest absolute Gasteiger partial charge is 0.277 e. The molecule has 0 atom stereocenters. The molecule has 0 saturated carbocycles. The summed E-state index contributed by atoms with van der Waals surface area (Å²) in [6.45, 7) is 0.765. The summed E-state index contributed by atoms with van der Waals surface area (Å²) in [6.07, 6.45) is 1.20. The summed E-state index contributed by atoms with van der Waals surface area (Å²) in [6, 6.07) is 9.04. The van der Waals surface area contributed by atoms with Gasteiger partial charge in [-0.15, -0.1) is 0 Å². The van der Waals surface area contributed by atoms with Crippen molar-refractivity contribution in [2.45, 2.75) is 0 Å². The molecular formula is C19H22N6O5S. The Morgan fingerprint density at radius 1 is 1.23 bits per heavy atom. The summed E-state index contributed by atoms with van der Waals surface area (Å²) in [7, 11) is 3.16. The van der Waals surface area contributed by atoms with Crippen molar-refractivity contribution >= 4 is 34.8 Å². The Hall–Kier alpha value is -3.64. The summed E-state index contributed by atoms with van der Waals surface area (Å²) < 4.78 is 6.26. The number of fused-ring (bicyclic) bond motifs is 1. The molecule has 12 heteroatoms. The molecule has 1 aliphatic heterocycles. The predicted molar refractivity (Wildman–Crippen MR) is 118 cm³/mol. The summed E-state index contributed by atoms with van der Waals surface area (Å²) in [5, 5.41) is 14.9. The molecule has 0 saturated heterocycles. The van der Waals surface area contributed by atoms with Crippen LogP contribution in [0, 0.1) is 0 Å². The zero-order valence-electron chi connectivity index (χ0n) is 16.9. The first-order valence-corrected chi connectivity index (χ1v) is 9.65. The molecule has 164 valence electrons. The number of rotatable bonds is 5. The van der Waals surface area contributed by atoms with Gasteiger partial charge in [-0.05, 0) is 24.4 Å². The maximum Gasteiger partial charge on any atom is 0.277 e. The van der Waals surface area contributed by atoms with Crippen LogP contribution in [0.4, 0.5) is 5.69 Å². The SMILES string of the molecule is COCCN1CN(C)n2cc(C(=O)NNC(=S)Nc3ccccc3)c(=O)c(O)c2C1=O. The van der Waals surface area contributed by atoms with E-state index >= 15 is 0 Å². The first kappa shape index (κ1) is 22.1. The summed E-state index contributed by atoms with van der Waals surface area (Å²) in [4.78, 5) is 39.2. The average Bonchev–Trinajstić information content (AvgIpc) is 2.76. The number of nitrogens with zero attached hydrogens (tertiary/aromatic N) is 3. The first-order valence-electron chi connectivity index (χ1n) is 9.24. The van der Waals surface area contributed by atoms with E-state index in [9.17, 15) is 19.5 Å². The Labute approximate surface area is 183 Å². The molecule has 2 amide bonds. The number of aromatic hydroxyl groups is 1. The monoisotopic (exact) mass is 446 g/mol. The average molecular weight is 446 g/mol. The van der Waals surface area contributed by atoms with Gasteiger partial charge >= 0.3 is 0 Å². The number of methoxy groups -OCH3 is 1. The zero-order chi connectivity index (χ0) is 22.5. The number of aromatic nitrogens is 1. The van der Waals surface area contributed by atoms with E-state index in [1.165, 1.54) is 22.9 Å². The molecule has 0 aliphatic carbocycles. The summed E-state index contributed by atoms with van der Waals surface area (Å²) in [5.41, 5.74) is 3.96. The number of hydrazine groups is 1. The summed E-state index contributed by atoms with van der Waals surface area (Å²) in [5.74, 6) is -2.17. The van der Waals surface area contributed by atoms with Gasteiger partial charge in [0.1, 0.15) is 12.2 Å². The van der Waals surface area contributed by atoms with Crippen molar-refractivity contribution in [1.29, 1.82) is 0 Å². The molecule has 1 aromatic heterocycles. The third-order valence-electron chi connectivity index (χ3n) is 4.53. The highest BCUT2D eigenvalue weighted by Crippen LogP contribution is 2.20. The molecular weight excluding hydrogens is 424 g/mol. The minimum Gasteiger partial charge on any atom is -0.502 e. The number of thiocarbonyl (C=S) groups is 1. The lowest BCUT2D eigenvalue weighted by Crippen LogP contribution is -2.53. The third kappa shape index (κ3) is 4.75. The van der Waals surface area contributed by atoms with Crippen molar-refractivity contribution in [2.24, 2.45) is 0 Å². The van der Waals surface area contributed by atoms with Crippen LogP contribution in [0.2, 0.25) is 0 Å². The van der Waals surface area contributed by atoms with Crippen LogP contribution in [0.25, 0.3) is 0 Å². The van der Waals surface area contributed by atoms with Gasteiger partial charge in [-0.2, -0.15) is 0 Å². The van der Waals surface area contributed by atoms with E-state index in [2.05, 4.69) is 16.2 Å². The third-order valence-corrected chi connectivity index (χ3v) is 4.73. The number of benzene rings is 1. The van der Waals surface area contributed by atoms with Gasteiger partial charge in [0, 0.05) is 32.6 Å². The molecule has 3 rings (SSSR count). The quantitative estimate of drug-likeness (QED) is 0.365. The van der Waals surface area contributed by atoms with Gasteiger partial charge in [-0.25, -0.2) is 0 Å². The Morgan fingerprint density at radius 2 is 1.94 bits per heavy atom. The van der Waals surface area contributed by atoms with E-state index in [0.29, 0.717) is 12.3 Å². The molecule has 0 bridgehead atoms. The van der Waals surface area contributed by atoms with Crippen molar-refractivity contribution in [3.8, 4) is 5.75 Å². The molecule has 0 fully saturated rings. The van der Waals surface area contributed by atoms with Gasteiger partial charge < -0.3 is 20.1 Å². The van der Waals surface area contributed by atoms with E-state index in [0.717, 1.165) is 0 Å². The van der Waals surface area contributed by atoms with Crippen LogP contribution in [0.3, 0.4) is 0 Å². The van der Waals surface area contributed by atoms with Gasteiger partial charge in [0.05, 0.1) is 6.61 Å². The molecule has 4 N–H and O–H groups in total. The largest absolute Gasteiger partial charge is 0.502 e. The van der Waals surface area contributed by atoms with Crippen LogP contribution in [0.5, 0.6) is 5.75 Å². The normalized spacial score (nSPS) is 12.9. The number of para-hydroxylation sites is 1. The molecule has 0 spiro atoms. The highest BCUT2D eigenvalue weighted by atomic mass is 32.1. The lowest BCUT2D eigenvalue weighted by Gasteiger charge is -2.37. The van der Waals surface area contributed by atoms with Crippen LogP contribution in [0.15, 0.2) is 41.3 Å². The molecule has 1 aliphatic rings. The molecule has 0 unspecified atom stereocenters. The minimum absolute atomic E-state index is 0.0999. The van der Waals surface area contributed by atoms with E-state index in [1.54, 1.807) is 24.2 Å². The highest BCUT2D eigenvalue weighted by molar-refractivity contribution is 7.80. The van der Waals surface area contributed by atoms with Crippen LogP contribution < -0.4 is 26.6 Å². The topological polar surface area (TPSA) is 128 Å². The second-order valence-electron chi connectivity index (χ2n) is 6.67. The fourth-order valence-corrected chi connectivity index (χ4v) is 3.16. The molecule has 0 radical (unpaired) electrons. The number of carbonyl (C=O) groups is 2. The van der Waals surface area contributed by atoms with Crippen molar-refractivity contribution in [3.63, 3.8) is 0 Å². The number of nitrogens with one attached hydrogen (secondary N) is 3. The van der Waals surface area contributed by atoms with Gasteiger partial charge in [-0.1, -0.05) is 18.2 Å². The maximum atomic E-state index is 12.7. The number of amides is 2. The molecule has 11 nitrogen and oxygen atoms in total. The van der Waals surface area contributed by atoms with Gasteiger partial charge in [0.2, 0.25) is 5.43 Å². The number of anilines is 1. The van der Waals surface area contributed by atoms with E-state index in [-0.39, 0.29) is 29.6 Å². The second-order valence-corrected chi connectivity index (χ2v) is 7.08. The Balaban J connectivity index is 1.77. The van der Waals surface area contributed by atoms with E-state index in [1.807, 2.05) is 18.2 Å². The maximum absolute atomic E-state index is 12.7. The molecule has 2 aromatic rings. The van der Waals surface area contributed by atoms with Gasteiger partial charge in [0.25, 0.3) is 11.8 Å². The Kier molecular flexibility index (Phi) is 6.72. The van der Waals surface area contributed by atoms with Crippen LogP contribution in [0.1, 0.15) is 20.8 Å². The number of hydrogen-bond donors (Lipinski definition) is 4. The molecule has 1 aromatic carbocycles. The van der Waals surface area contributed by atoms with Crippen molar-refractivity contribution in [2.75, 3.05) is 44.3 Å². The minimum atomic E-state index is -0.970. The van der Waals surface area contributed by atoms with E-state index < -0.39 is 23.0 Å². The fourth-order valence-electron chi connectivity index (χ4n) is 2.99. The lowest BCUT2D eigenvalue weighted by molar-refractivity contribution is 0.0629. The van der Waals surface area contributed by atoms with Crippen molar-refractivity contribution in [1.82, 2.24) is 20.4 Å². The van der Waals surface area contributed by atoms with E-state index in [4.69, 9.17) is 17.0 Å². The predicted octanol–water partition coefficient (Wildman–Crippen LogP) is -0.187.